The number of aryl methyl sites for hydroxylation is 3. The van der Waals surface area contributed by atoms with Gasteiger partial charge in [-0.15, -0.1) is 10.2 Å². The molecule has 4 fully saturated rings. The summed E-state index contributed by atoms with van der Waals surface area (Å²) in [4.78, 5) is 87.9. The molecule has 32 heteroatoms. The van der Waals surface area contributed by atoms with Gasteiger partial charge in [0, 0.05) is 36.4 Å². The number of carbonyl (C=O) groups is 3. The zero-order valence-electron chi connectivity index (χ0n) is 42.8. The number of aromatic nitrogens is 10. The van der Waals surface area contributed by atoms with Gasteiger partial charge in [0.25, 0.3) is 15.7 Å². The largest absolute Gasteiger partial charge is 1.00 e. The van der Waals surface area contributed by atoms with Crippen molar-refractivity contribution in [3.05, 3.63) is 119 Å². The van der Waals surface area contributed by atoms with Gasteiger partial charge in [0.15, 0.2) is 11.4 Å². The van der Waals surface area contributed by atoms with Crippen molar-refractivity contribution in [2.75, 3.05) is 13.2 Å². The van der Waals surface area contributed by atoms with Gasteiger partial charge in [0.1, 0.15) is 54.7 Å². The summed E-state index contributed by atoms with van der Waals surface area (Å²) in [6.07, 6.45) is 6.00. The molecule has 4 aliphatic rings. The lowest BCUT2D eigenvalue weighted by Crippen LogP contribution is -3.00. The number of nitrogens with zero attached hydrogens (tertiary/aromatic N) is 10. The van der Waals surface area contributed by atoms with Gasteiger partial charge in [-0.1, -0.05) is 28.1 Å². The van der Waals surface area contributed by atoms with Crippen LogP contribution in [-0.2, 0) is 62.7 Å². The molecule has 0 amide bonds. The Morgan fingerprint density at radius 3 is 1.73 bits per heavy atom. The molecule has 4 aromatic heterocycles. The molecule has 408 valence electrons. The maximum Gasteiger partial charge on any atom is 0.425 e. The van der Waals surface area contributed by atoms with Gasteiger partial charge in [-0.25, -0.2) is 28.1 Å². The minimum Gasteiger partial charge on any atom is -1.00 e. The van der Waals surface area contributed by atoms with E-state index in [2.05, 4.69) is 20.6 Å². The SMILES string of the molecule is [18F-].[B]C(=O)OCC12CCC(n3cc(C)c(=O)n(B(C)O)c3=O)(CC1n1cc(C[18F])nn1)O2.[B]C(=O)OCC12CCC(n3cc(C)c(=O)n(C(=O)OC(C)(C)C)c3=O)(CC1n1cc(COS(=O)(=O)c3ccc(C)cc3)nn1)O2. The van der Waals surface area contributed by atoms with Crippen molar-refractivity contribution in [2.45, 2.75) is 145 Å². The lowest BCUT2D eigenvalue weighted by atomic mass is 9.81. The van der Waals surface area contributed by atoms with Crippen LogP contribution in [0.25, 0.3) is 0 Å². The number of benzene rings is 1. The summed E-state index contributed by atoms with van der Waals surface area (Å²) in [5.74, 6) is -2.03. The van der Waals surface area contributed by atoms with Crippen molar-refractivity contribution in [3.8, 4) is 0 Å². The summed E-state index contributed by atoms with van der Waals surface area (Å²) in [5, 5.41) is 25.9. The molecule has 26 nitrogen and oxygen atoms in total. The topological polar surface area (TPSA) is 310 Å². The van der Waals surface area contributed by atoms with Crippen molar-refractivity contribution in [1.29, 1.82) is 0 Å². The summed E-state index contributed by atoms with van der Waals surface area (Å²) >= 11 is 0. The monoisotopic (exact) mass is 1090 g/mol. The van der Waals surface area contributed by atoms with Crippen molar-refractivity contribution in [3.63, 3.8) is 0 Å². The number of alkyl halides is 1. The Morgan fingerprint density at radius 2 is 1.26 bits per heavy atom. The molecule has 9 rings (SSSR count). The van der Waals surface area contributed by atoms with Crippen LogP contribution in [-0.4, -0.2) is 132 Å². The van der Waals surface area contributed by atoms with E-state index in [1.54, 1.807) is 32.9 Å². The molecule has 4 bridgehead atoms. The Hall–Kier alpha value is -6.89. The molecule has 4 saturated heterocycles. The Bertz CT molecular complexity index is 3470. The minimum atomic E-state index is -4.08. The molecule has 6 unspecified atom stereocenters. The number of rotatable bonds is 14. The highest BCUT2D eigenvalue weighted by Gasteiger charge is 2.66. The Balaban J connectivity index is 0.000000236. The van der Waals surface area contributed by atoms with E-state index in [0.29, 0.717) is 17.4 Å². The lowest BCUT2D eigenvalue weighted by Gasteiger charge is -2.32. The Morgan fingerprint density at radius 1 is 0.779 bits per heavy atom. The van der Waals surface area contributed by atoms with Crippen LogP contribution in [0.15, 0.2) is 73.1 Å². The summed E-state index contributed by atoms with van der Waals surface area (Å²) in [6, 6.07) is 4.92. The molecule has 5 aromatic rings. The number of ether oxygens (including phenoxy) is 5. The molecule has 77 heavy (non-hydrogen) atoms. The van der Waals surface area contributed by atoms with Crippen molar-refractivity contribution < 1.29 is 64.8 Å². The van der Waals surface area contributed by atoms with Gasteiger partial charge >= 0.3 is 24.5 Å². The number of fused-ring (bicyclic) bond motifs is 4. The molecule has 1 aromatic carbocycles. The quantitative estimate of drug-likeness (QED) is 0.0756. The van der Waals surface area contributed by atoms with E-state index in [0.717, 1.165) is 10.0 Å². The summed E-state index contributed by atoms with van der Waals surface area (Å²) in [7, 11) is 4.98. The van der Waals surface area contributed by atoms with Crippen molar-refractivity contribution in [2.24, 2.45) is 0 Å². The second-order valence-corrected chi connectivity index (χ2v) is 21.9. The first-order valence-electron chi connectivity index (χ1n) is 23.8. The van der Waals surface area contributed by atoms with E-state index in [1.807, 2.05) is 6.92 Å². The number of hydrogen-bond donors (Lipinski definition) is 1. The fraction of sp³-hybridized carbons (Fsp3) is 0.533. The van der Waals surface area contributed by atoms with Crippen LogP contribution < -0.4 is 27.2 Å². The van der Waals surface area contributed by atoms with Gasteiger partial charge in [-0.05, 0) is 86.2 Å². The van der Waals surface area contributed by atoms with Gasteiger partial charge in [0.2, 0.25) is 33.0 Å². The molecule has 0 aliphatic carbocycles. The highest BCUT2D eigenvalue weighted by atomic mass is 32.2. The van der Waals surface area contributed by atoms with Gasteiger partial charge < -0.3 is 33.4 Å². The summed E-state index contributed by atoms with van der Waals surface area (Å²) < 4.78 is 78.4. The summed E-state index contributed by atoms with van der Waals surface area (Å²) in [6.45, 7) is 9.21. The van der Waals surface area contributed by atoms with Crippen LogP contribution in [0.1, 0.15) is 99.5 Å². The standard InChI is InChI=1S/C28H32BN5O10S.C17H20B2FN5O6.FH/c1-17-6-8-20(9-7-17)45(39,40)42-15-19-14-33(31-30-19)21-12-28(11-10-27(21,44-28)16-41-23(29)36)32-13-18(2)22(35)34(24(32)37)25(38)43-26(3,4)5;1-10-7-23(15(28)25(13(10)26)19(2)29)17-4-3-16(31-17,9-30-14(18)27)12(5-17)24-8-11(6-20)21-22-24;/h6-9,13-14,21H,10-12,15-16H2,1-5H3;7-8,12,29H,3-6,9H2,1-2H3;1H/p-1/i;20-1;1-1. The predicted molar refractivity (Wildman–Crippen MR) is 262 cm³/mol. The minimum absolute atomic E-state index is 0. The van der Waals surface area contributed by atoms with Crippen LogP contribution in [0.5, 0.6) is 0 Å². The van der Waals surface area contributed by atoms with E-state index in [9.17, 15) is 51.4 Å². The van der Waals surface area contributed by atoms with Crippen LogP contribution >= 0.6 is 0 Å². The average molecular weight is 1090 g/mol. The average Bonchev–Trinajstić information content (AvgIpc) is 4.26. The smallest absolute Gasteiger partial charge is 0.425 e. The molecule has 4 radical (unpaired) electrons. The van der Waals surface area contributed by atoms with Gasteiger partial charge in [-0.3, -0.25) is 37.0 Å². The number of carbonyl (C=O) groups excluding carboxylic acids is 3. The molecular formula is C45H52B3F2N10O16S-. The van der Waals surface area contributed by atoms with Gasteiger partial charge in [0.05, 0.1) is 29.4 Å². The molecule has 8 heterocycles. The first-order valence-corrected chi connectivity index (χ1v) is 25.2. The van der Waals surface area contributed by atoms with Crippen LogP contribution in [0, 0.1) is 20.8 Å². The van der Waals surface area contributed by atoms with Crippen molar-refractivity contribution >= 4 is 50.7 Å². The van der Waals surface area contributed by atoms with E-state index < -0.39 is 111 Å². The first kappa shape index (κ1) is 57.8. The van der Waals surface area contributed by atoms with Crippen LogP contribution in [0.4, 0.5) is 18.8 Å². The zero-order valence-corrected chi connectivity index (χ0v) is 43.6. The Kier molecular flexibility index (Phi) is 15.9. The molecule has 1 N–H and O–H groups in total. The van der Waals surface area contributed by atoms with E-state index >= 15 is 0 Å². The zero-order chi connectivity index (χ0) is 55.5. The molecule has 6 atom stereocenters. The highest BCUT2D eigenvalue weighted by molar-refractivity contribution is 7.86. The molecule has 0 spiro atoms. The molecule has 4 aliphatic heterocycles. The maximum absolute atomic E-state index is 13.7. The van der Waals surface area contributed by atoms with Gasteiger partial charge in [-0.2, -0.15) is 13.0 Å². The van der Waals surface area contributed by atoms with Crippen LogP contribution in [0.2, 0.25) is 6.82 Å². The third-order valence-electron chi connectivity index (χ3n) is 13.8. The van der Waals surface area contributed by atoms with Crippen LogP contribution in [0.3, 0.4) is 0 Å². The normalized spacial score (nSPS) is 24.2. The second-order valence-electron chi connectivity index (χ2n) is 20.3. The first-order chi connectivity index (χ1) is 35.6. The van der Waals surface area contributed by atoms with E-state index in [1.165, 1.54) is 76.1 Å². The van der Waals surface area contributed by atoms with E-state index in [-0.39, 0.29) is 71.0 Å². The number of hydrogen-bond acceptors (Lipinski definition) is 20. The fourth-order valence-corrected chi connectivity index (χ4v) is 11.1. The summed E-state index contributed by atoms with van der Waals surface area (Å²) in [5.41, 5.74) is -7.51. The lowest BCUT2D eigenvalue weighted by molar-refractivity contribution is -0.120. The fourth-order valence-electron chi connectivity index (χ4n) is 10.2. The van der Waals surface area contributed by atoms with Crippen molar-refractivity contribution in [1.82, 2.24) is 48.2 Å². The molecular weight excluding hydrogens is 1040 g/mol. The second kappa shape index (κ2) is 21.2. The third kappa shape index (κ3) is 11.0. The van der Waals surface area contributed by atoms with E-state index in [4.69, 9.17) is 43.6 Å². The predicted octanol–water partition coefficient (Wildman–Crippen LogP) is -1.45. The Labute approximate surface area is 439 Å². The highest BCUT2D eigenvalue weighted by Crippen LogP contribution is 2.59. The third-order valence-corrected chi connectivity index (χ3v) is 15.0. The molecule has 0 saturated carbocycles. The maximum atomic E-state index is 13.7. The number of halogens is 2.